The van der Waals surface area contributed by atoms with E-state index in [1.165, 1.54) is 18.3 Å². The number of nitrogens with zero attached hydrogens (tertiary/aromatic N) is 1. The first-order valence-corrected chi connectivity index (χ1v) is 7.75. The number of benzene rings is 1. The third-order valence-electron chi connectivity index (χ3n) is 2.68. The first kappa shape index (κ1) is 14.8. The molecular formula is C13H14ClN3O2S. The zero-order chi connectivity index (χ0) is 14.8. The van der Waals surface area contributed by atoms with Crippen molar-refractivity contribution < 1.29 is 8.42 Å². The number of hydrogen-bond donors (Lipinski definition) is 2. The Hall–Kier alpha value is -1.63. The molecule has 3 N–H and O–H groups in total. The second-order valence-corrected chi connectivity index (χ2v) is 6.39. The van der Waals surface area contributed by atoms with Gasteiger partial charge in [0.2, 0.25) is 0 Å². The molecule has 0 spiro atoms. The molecule has 7 heteroatoms. The fourth-order valence-electron chi connectivity index (χ4n) is 1.61. The van der Waals surface area contributed by atoms with Gasteiger partial charge in [0.15, 0.2) is 5.82 Å². The Morgan fingerprint density at radius 2 is 2.05 bits per heavy atom. The molecule has 2 rings (SSSR count). The normalized spacial score (nSPS) is 12.9. The highest BCUT2D eigenvalue weighted by atomic mass is 35.5. The molecule has 0 radical (unpaired) electrons. The lowest BCUT2D eigenvalue weighted by Crippen LogP contribution is -2.15. The van der Waals surface area contributed by atoms with Crippen molar-refractivity contribution in [1.82, 2.24) is 4.98 Å². The highest BCUT2D eigenvalue weighted by Gasteiger charge is 2.17. The first-order chi connectivity index (χ1) is 9.40. The largest absolute Gasteiger partial charge is 0.324 e. The lowest BCUT2D eigenvalue weighted by atomic mass is 10.1. The van der Waals surface area contributed by atoms with Crippen molar-refractivity contribution in [3.8, 4) is 0 Å². The molecule has 1 aromatic heterocycles. The van der Waals surface area contributed by atoms with Crippen molar-refractivity contribution in [2.45, 2.75) is 17.9 Å². The molecule has 0 aliphatic rings. The van der Waals surface area contributed by atoms with Crippen molar-refractivity contribution in [2.75, 3.05) is 4.72 Å². The van der Waals surface area contributed by atoms with Crippen LogP contribution < -0.4 is 10.5 Å². The van der Waals surface area contributed by atoms with E-state index in [4.69, 9.17) is 17.3 Å². The van der Waals surface area contributed by atoms with Crippen LogP contribution in [0, 0.1) is 0 Å². The standard InChI is InChI=1S/C13H14ClN3O2S/c1-9(15)10-4-2-5-11(8-10)20(18,19)17-13-12(14)6-3-7-16-13/h2-9H,15H2,1H3,(H,16,17). The Kier molecular flexibility index (Phi) is 4.27. The third kappa shape index (κ3) is 3.27. The van der Waals surface area contributed by atoms with Crippen molar-refractivity contribution in [3.05, 3.63) is 53.2 Å². The van der Waals surface area contributed by atoms with Crippen LogP contribution in [0.4, 0.5) is 5.82 Å². The van der Waals surface area contributed by atoms with Gasteiger partial charge in [-0.05, 0) is 36.8 Å². The summed E-state index contributed by atoms with van der Waals surface area (Å²) in [6.07, 6.45) is 1.46. The van der Waals surface area contributed by atoms with E-state index in [0.29, 0.717) is 0 Å². The topological polar surface area (TPSA) is 85.1 Å². The summed E-state index contributed by atoms with van der Waals surface area (Å²) in [5.74, 6) is 0.0976. The molecule has 2 aromatic rings. The van der Waals surface area contributed by atoms with Gasteiger partial charge in [-0.25, -0.2) is 13.4 Å². The van der Waals surface area contributed by atoms with Gasteiger partial charge in [-0.3, -0.25) is 4.72 Å². The molecule has 5 nitrogen and oxygen atoms in total. The Morgan fingerprint density at radius 3 is 2.70 bits per heavy atom. The first-order valence-electron chi connectivity index (χ1n) is 5.89. The maximum Gasteiger partial charge on any atom is 0.263 e. The number of nitrogens with one attached hydrogen (secondary N) is 1. The van der Waals surface area contributed by atoms with Crippen LogP contribution in [0.5, 0.6) is 0 Å². The Labute approximate surface area is 122 Å². The molecule has 1 unspecified atom stereocenters. The van der Waals surface area contributed by atoms with Gasteiger partial charge in [0, 0.05) is 12.2 Å². The van der Waals surface area contributed by atoms with Gasteiger partial charge in [0.25, 0.3) is 10.0 Å². The fraction of sp³-hybridized carbons (Fsp3) is 0.154. The van der Waals surface area contributed by atoms with Gasteiger partial charge < -0.3 is 5.73 Å². The van der Waals surface area contributed by atoms with Crippen LogP contribution in [-0.2, 0) is 10.0 Å². The van der Waals surface area contributed by atoms with Crippen LogP contribution in [0.3, 0.4) is 0 Å². The fourth-order valence-corrected chi connectivity index (χ4v) is 2.92. The third-order valence-corrected chi connectivity index (χ3v) is 4.33. The SMILES string of the molecule is CC(N)c1cccc(S(=O)(=O)Nc2ncccc2Cl)c1. The quantitative estimate of drug-likeness (QED) is 0.908. The predicted octanol–water partition coefficient (Wildman–Crippen LogP) is 2.56. The van der Waals surface area contributed by atoms with Crippen molar-refractivity contribution in [1.29, 1.82) is 0 Å². The van der Waals surface area contributed by atoms with Crippen molar-refractivity contribution in [2.24, 2.45) is 5.73 Å². The average molecular weight is 312 g/mol. The highest BCUT2D eigenvalue weighted by Crippen LogP contribution is 2.22. The van der Waals surface area contributed by atoms with E-state index in [2.05, 4.69) is 9.71 Å². The maximum absolute atomic E-state index is 12.3. The molecule has 106 valence electrons. The number of halogens is 1. The van der Waals surface area contributed by atoms with Crippen LogP contribution in [-0.4, -0.2) is 13.4 Å². The lowest BCUT2D eigenvalue weighted by molar-refractivity contribution is 0.600. The van der Waals surface area contributed by atoms with Gasteiger partial charge in [0.05, 0.1) is 9.92 Å². The van der Waals surface area contributed by atoms with E-state index >= 15 is 0 Å². The number of pyridine rings is 1. The van der Waals surface area contributed by atoms with Crippen molar-refractivity contribution in [3.63, 3.8) is 0 Å². The molecule has 1 aromatic carbocycles. The second kappa shape index (κ2) is 5.78. The van der Waals surface area contributed by atoms with Crippen LogP contribution in [0.1, 0.15) is 18.5 Å². The summed E-state index contributed by atoms with van der Waals surface area (Å²) in [5, 5.41) is 0.236. The zero-order valence-electron chi connectivity index (χ0n) is 10.7. The maximum atomic E-state index is 12.3. The summed E-state index contributed by atoms with van der Waals surface area (Å²) in [7, 11) is -3.74. The van der Waals surface area contributed by atoms with E-state index in [1.807, 2.05) is 0 Å². The second-order valence-electron chi connectivity index (χ2n) is 4.30. The molecule has 1 heterocycles. The van der Waals surface area contributed by atoms with Gasteiger partial charge in [-0.15, -0.1) is 0 Å². The average Bonchev–Trinajstić information content (AvgIpc) is 2.41. The van der Waals surface area contributed by atoms with Gasteiger partial charge in [-0.2, -0.15) is 0 Å². The molecule has 0 aliphatic carbocycles. The molecule has 1 atom stereocenters. The van der Waals surface area contributed by atoms with Gasteiger partial charge in [0.1, 0.15) is 0 Å². The minimum Gasteiger partial charge on any atom is -0.324 e. The van der Waals surface area contributed by atoms with E-state index in [9.17, 15) is 8.42 Å². The summed E-state index contributed by atoms with van der Waals surface area (Å²) in [5.41, 5.74) is 6.49. The Morgan fingerprint density at radius 1 is 1.30 bits per heavy atom. The number of hydrogen-bond acceptors (Lipinski definition) is 4. The number of rotatable bonds is 4. The van der Waals surface area contributed by atoms with Gasteiger partial charge in [-0.1, -0.05) is 23.7 Å². The van der Waals surface area contributed by atoms with Crippen LogP contribution in [0.2, 0.25) is 5.02 Å². The van der Waals surface area contributed by atoms with E-state index in [0.717, 1.165) is 5.56 Å². The zero-order valence-corrected chi connectivity index (χ0v) is 12.3. The minimum atomic E-state index is -3.74. The molecule has 0 amide bonds. The molecule has 0 fully saturated rings. The summed E-state index contributed by atoms with van der Waals surface area (Å²) >= 11 is 5.89. The highest BCUT2D eigenvalue weighted by molar-refractivity contribution is 7.92. The summed E-state index contributed by atoms with van der Waals surface area (Å²) in [4.78, 5) is 4.02. The van der Waals surface area contributed by atoms with Crippen molar-refractivity contribution >= 4 is 27.4 Å². The predicted molar refractivity (Wildman–Crippen MR) is 79.1 cm³/mol. The monoisotopic (exact) mass is 311 g/mol. The Balaban J connectivity index is 2.36. The van der Waals surface area contributed by atoms with E-state index in [1.54, 1.807) is 31.2 Å². The van der Waals surface area contributed by atoms with E-state index < -0.39 is 10.0 Å². The summed E-state index contributed by atoms with van der Waals surface area (Å²) in [6, 6.07) is 9.38. The molecule has 20 heavy (non-hydrogen) atoms. The molecular weight excluding hydrogens is 298 g/mol. The smallest absolute Gasteiger partial charge is 0.263 e. The van der Waals surface area contributed by atoms with Crippen LogP contribution in [0.15, 0.2) is 47.5 Å². The molecule has 0 bridgehead atoms. The number of nitrogens with two attached hydrogens (primary N) is 1. The minimum absolute atomic E-state index is 0.0976. The number of aromatic nitrogens is 1. The van der Waals surface area contributed by atoms with E-state index in [-0.39, 0.29) is 21.8 Å². The molecule has 0 saturated heterocycles. The van der Waals surface area contributed by atoms with Crippen LogP contribution in [0.25, 0.3) is 0 Å². The Bertz CT molecular complexity index is 717. The molecule has 0 aliphatic heterocycles. The lowest BCUT2D eigenvalue weighted by Gasteiger charge is -2.11. The van der Waals surface area contributed by atoms with Crippen LogP contribution >= 0.6 is 11.6 Å². The number of sulfonamides is 1. The molecule has 0 saturated carbocycles. The number of anilines is 1. The van der Waals surface area contributed by atoms with Gasteiger partial charge >= 0.3 is 0 Å². The summed E-state index contributed by atoms with van der Waals surface area (Å²) in [6.45, 7) is 1.79. The summed E-state index contributed by atoms with van der Waals surface area (Å²) < 4.78 is 26.9.